The van der Waals surface area contributed by atoms with Crippen LogP contribution < -0.4 is 5.32 Å². The van der Waals surface area contributed by atoms with Gasteiger partial charge in [-0.15, -0.1) is 0 Å². The molecule has 0 radical (unpaired) electrons. The van der Waals surface area contributed by atoms with Gasteiger partial charge in [-0.1, -0.05) is 45.4 Å². The van der Waals surface area contributed by atoms with Gasteiger partial charge in [0.2, 0.25) is 5.91 Å². The molecule has 1 saturated heterocycles. The van der Waals surface area contributed by atoms with Crippen LogP contribution in [0.5, 0.6) is 0 Å². The Kier molecular flexibility index (Phi) is 6.34. The van der Waals surface area contributed by atoms with Gasteiger partial charge in [0.25, 0.3) is 0 Å². The predicted molar refractivity (Wildman–Crippen MR) is 83.6 cm³/mol. The summed E-state index contributed by atoms with van der Waals surface area (Å²) in [6.07, 6.45) is 11.3. The van der Waals surface area contributed by atoms with Gasteiger partial charge in [-0.05, 0) is 31.7 Å². The van der Waals surface area contributed by atoms with Crippen LogP contribution in [0.25, 0.3) is 0 Å². The van der Waals surface area contributed by atoms with Gasteiger partial charge < -0.3 is 10.2 Å². The number of hydrogen-bond acceptors (Lipinski definition) is 2. The van der Waals surface area contributed by atoms with E-state index in [1.54, 1.807) is 0 Å². The number of carbonyl (C=O) groups is 1. The fourth-order valence-corrected chi connectivity index (χ4v) is 3.95. The van der Waals surface area contributed by atoms with Gasteiger partial charge in [-0.2, -0.15) is 0 Å². The van der Waals surface area contributed by atoms with Crippen molar-refractivity contribution in [3.05, 3.63) is 0 Å². The predicted octanol–water partition coefficient (Wildman–Crippen LogP) is 3.19. The first kappa shape index (κ1) is 15.8. The van der Waals surface area contributed by atoms with Gasteiger partial charge in [0, 0.05) is 25.6 Å². The molecule has 3 nitrogen and oxygen atoms in total. The summed E-state index contributed by atoms with van der Waals surface area (Å²) in [6.45, 7) is 4.24. The molecular weight excluding hydrogens is 248 g/mol. The van der Waals surface area contributed by atoms with Gasteiger partial charge in [-0.3, -0.25) is 4.79 Å². The summed E-state index contributed by atoms with van der Waals surface area (Å²) in [6, 6.07) is 0.424. The minimum absolute atomic E-state index is 0.272. The molecule has 3 heteroatoms. The van der Waals surface area contributed by atoms with E-state index in [9.17, 15) is 4.79 Å². The first-order valence-electron chi connectivity index (χ1n) is 8.69. The van der Waals surface area contributed by atoms with E-state index in [0.717, 1.165) is 44.7 Å². The van der Waals surface area contributed by atoms with Gasteiger partial charge in [0.15, 0.2) is 0 Å². The van der Waals surface area contributed by atoms with E-state index < -0.39 is 0 Å². The summed E-state index contributed by atoms with van der Waals surface area (Å²) in [5.41, 5.74) is 0. The Hall–Kier alpha value is -0.570. The molecule has 116 valence electrons. The highest BCUT2D eigenvalue weighted by atomic mass is 16.2. The smallest absolute Gasteiger partial charge is 0.225 e. The lowest BCUT2D eigenvalue weighted by atomic mass is 9.81. The molecule has 1 aliphatic heterocycles. The Morgan fingerprint density at radius 1 is 1.25 bits per heavy atom. The second-order valence-corrected chi connectivity index (χ2v) is 6.82. The third-order valence-electron chi connectivity index (χ3n) is 5.26. The molecule has 0 bridgehead atoms. The SMILES string of the molecule is CCCC(CC1CCCCC1)C(=O)N(C)C1CCNC1. The molecule has 1 saturated carbocycles. The van der Waals surface area contributed by atoms with E-state index in [1.165, 1.54) is 32.1 Å². The zero-order chi connectivity index (χ0) is 14.4. The maximum absolute atomic E-state index is 12.8. The summed E-state index contributed by atoms with van der Waals surface area (Å²) in [5, 5.41) is 3.37. The van der Waals surface area contributed by atoms with E-state index >= 15 is 0 Å². The summed E-state index contributed by atoms with van der Waals surface area (Å²) < 4.78 is 0. The van der Waals surface area contributed by atoms with E-state index in [2.05, 4.69) is 12.2 Å². The van der Waals surface area contributed by atoms with Crippen LogP contribution in [0.3, 0.4) is 0 Å². The first-order chi connectivity index (χ1) is 9.72. The van der Waals surface area contributed by atoms with Gasteiger partial charge in [0.1, 0.15) is 0 Å². The Labute approximate surface area is 124 Å². The zero-order valence-electron chi connectivity index (χ0n) is 13.4. The third-order valence-corrected chi connectivity index (χ3v) is 5.26. The average molecular weight is 280 g/mol. The molecule has 0 spiro atoms. The molecule has 0 aromatic rings. The number of hydrogen-bond donors (Lipinski definition) is 1. The molecule has 1 N–H and O–H groups in total. The van der Waals surface area contributed by atoms with Crippen molar-refractivity contribution in [1.29, 1.82) is 0 Å². The second kappa shape index (κ2) is 8.02. The number of carbonyl (C=O) groups excluding carboxylic acids is 1. The Bertz CT molecular complexity index is 293. The van der Waals surface area contributed by atoms with Gasteiger partial charge in [0.05, 0.1) is 0 Å². The number of nitrogens with zero attached hydrogens (tertiary/aromatic N) is 1. The summed E-state index contributed by atoms with van der Waals surface area (Å²) in [7, 11) is 2.02. The molecule has 0 aromatic carbocycles. The van der Waals surface area contributed by atoms with Crippen molar-refractivity contribution < 1.29 is 4.79 Å². The highest BCUT2D eigenvalue weighted by molar-refractivity contribution is 5.79. The Morgan fingerprint density at radius 2 is 2.00 bits per heavy atom. The number of likely N-dealkylation sites (N-methyl/N-ethyl adjacent to an activating group) is 1. The molecule has 1 aliphatic carbocycles. The van der Waals surface area contributed by atoms with Crippen LogP contribution in [0.1, 0.15) is 64.7 Å². The molecule has 1 heterocycles. The van der Waals surface area contributed by atoms with Crippen LogP contribution in [-0.4, -0.2) is 37.0 Å². The molecule has 2 rings (SSSR count). The van der Waals surface area contributed by atoms with E-state index in [4.69, 9.17) is 0 Å². The highest BCUT2D eigenvalue weighted by Crippen LogP contribution is 2.31. The topological polar surface area (TPSA) is 32.3 Å². The van der Waals surface area contributed by atoms with Crippen molar-refractivity contribution in [2.75, 3.05) is 20.1 Å². The summed E-state index contributed by atoms with van der Waals surface area (Å²) >= 11 is 0. The standard InChI is InChI=1S/C17H32N2O/c1-3-7-15(12-14-8-5-4-6-9-14)17(20)19(2)16-10-11-18-13-16/h14-16,18H,3-13H2,1-2H3. The van der Waals surface area contributed by atoms with Crippen LogP contribution in [0.2, 0.25) is 0 Å². The monoisotopic (exact) mass is 280 g/mol. The minimum atomic E-state index is 0.272. The van der Waals surface area contributed by atoms with E-state index in [-0.39, 0.29) is 5.92 Å². The average Bonchev–Trinajstić information content (AvgIpc) is 3.00. The molecule has 2 atom stereocenters. The molecule has 0 aromatic heterocycles. The molecule has 2 unspecified atom stereocenters. The van der Waals surface area contributed by atoms with E-state index in [1.807, 2.05) is 11.9 Å². The zero-order valence-corrected chi connectivity index (χ0v) is 13.4. The van der Waals surface area contributed by atoms with Crippen molar-refractivity contribution in [3.8, 4) is 0 Å². The normalized spacial score (nSPS) is 25.6. The molecule has 20 heavy (non-hydrogen) atoms. The van der Waals surface area contributed by atoms with E-state index in [0.29, 0.717) is 11.9 Å². The van der Waals surface area contributed by atoms with Crippen molar-refractivity contribution in [1.82, 2.24) is 10.2 Å². The maximum Gasteiger partial charge on any atom is 0.225 e. The Balaban J connectivity index is 1.89. The lowest BCUT2D eigenvalue weighted by Gasteiger charge is -2.31. The van der Waals surface area contributed by atoms with Crippen LogP contribution in [0.15, 0.2) is 0 Å². The van der Waals surface area contributed by atoms with Crippen molar-refractivity contribution >= 4 is 5.91 Å². The largest absolute Gasteiger partial charge is 0.341 e. The van der Waals surface area contributed by atoms with Crippen LogP contribution >= 0.6 is 0 Å². The highest BCUT2D eigenvalue weighted by Gasteiger charge is 2.30. The van der Waals surface area contributed by atoms with Crippen molar-refractivity contribution in [2.45, 2.75) is 70.8 Å². The quantitative estimate of drug-likeness (QED) is 0.810. The third kappa shape index (κ3) is 4.21. The van der Waals surface area contributed by atoms with Crippen LogP contribution in [-0.2, 0) is 4.79 Å². The maximum atomic E-state index is 12.8. The van der Waals surface area contributed by atoms with Crippen molar-refractivity contribution in [3.63, 3.8) is 0 Å². The molecular formula is C17H32N2O. The van der Waals surface area contributed by atoms with Crippen molar-refractivity contribution in [2.24, 2.45) is 11.8 Å². The summed E-state index contributed by atoms with van der Waals surface area (Å²) in [4.78, 5) is 14.8. The number of rotatable bonds is 6. The van der Waals surface area contributed by atoms with Crippen LogP contribution in [0.4, 0.5) is 0 Å². The lowest BCUT2D eigenvalue weighted by molar-refractivity contribution is -0.137. The molecule has 1 amide bonds. The number of amides is 1. The van der Waals surface area contributed by atoms with Gasteiger partial charge in [-0.25, -0.2) is 0 Å². The summed E-state index contributed by atoms with van der Waals surface area (Å²) in [5.74, 6) is 1.49. The second-order valence-electron chi connectivity index (χ2n) is 6.82. The molecule has 2 fully saturated rings. The van der Waals surface area contributed by atoms with Gasteiger partial charge >= 0.3 is 0 Å². The minimum Gasteiger partial charge on any atom is -0.341 e. The fourth-order valence-electron chi connectivity index (χ4n) is 3.95. The molecule has 2 aliphatic rings. The van der Waals surface area contributed by atoms with Crippen LogP contribution in [0, 0.1) is 11.8 Å². The lowest BCUT2D eigenvalue weighted by Crippen LogP contribution is -2.42. The Morgan fingerprint density at radius 3 is 2.60 bits per heavy atom. The fraction of sp³-hybridized carbons (Fsp3) is 0.941. The number of nitrogens with one attached hydrogen (secondary N) is 1. The first-order valence-corrected chi connectivity index (χ1v) is 8.69.